The van der Waals surface area contributed by atoms with Gasteiger partial charge in [0.1, 0.15) is 10.8 Å². The molecule has 0 spiro atoms. The molecule has 1 heterocycles. The highest BCUT2D eigenvalue weighted by molar-refractivity contribution is 7.98. The van der Waals surface area contributed by atoms with Gasteiger partial charge in [-0.3, -0.25) is 0 Å². The fourth-order valence-corrected chi connectivity index (χ4v) is 3.45. The third-order valence-corrected chi connectivity index (χ3v) is 4.62. The number of rotatable bonds is 3. The Morgan fingerprint density at radius 3 is 2.57 bits per heavy atom. The van der Waals surface area contributed by atoms with Crippen LogP contribution >= 0.6 is 23.4 Å². The molecule has 0 fully saturated rings. The van der Waals surface area contributed by atoms with E-state index in [0.717, 1.165) is 21.5 Å². The van der Waals surface area contributed by atoms with Gasteiger partial charge in [0.05, 0.1) is 5.69 Å². The molecule has 0 atom stereocenters. The van der Waals surface area contributed by atoms with E-state index in [-0.39, 0.29) is 5.82 Å². The van der Waals surface area contributed by atoms with E-state index in [0.29, 0.717) is 16.3 Å². The Hall–Kier alpha value is -1.65. The average Bonchev–Trinajstić information content (AvgIpc) is 2.49. The van der Waals surface area contributed by atoms with Gasteiger partial charge in [0.25, 0.3) is 0 Å². The molecule has 3 rings (SSSR count). The molecular weight excluding hydrogens is 307 g/mol. The maximum atomic E-state index is 13.8. The largest absolute Gasteiger partial charge is 0.207 e. The van der Waals surface area contributed by atoms with Crippen molar-refractivity contribution in [3.63, 3.8) is 0 Å². The van der Waals surface area contributed by atoms with E-state index in [1.807, 2.05) is 31.2 Å². The molecule has 21 heavy (non-hydrogen) atoms. The van der Waals surface area contributed by atoms with Gasteiger partial charge in [0.2, 0.25) is 0 Å². The molecule has 106 valence electrons. The van der Waals surface area contributed by atoms with Crippen molar-refractivity contribution >= 4 is 34.1 Å². The molecule has 0 N–H and O–H groups in total. The second-order valence-corrected chi connectivity index (χ2v) is 6.00. The van der Waals surface area contributed by atoms with Crippen LogP contribution in [0.1, 0.15) is 11.3 Å². The SMILES string of the molecule is Cc1nnc(SCc2c(F)cccc2Cl)c2ccccc12. The van der Waals surface area contributed by atoms with Gasteiger partial charge in [-0.1, -0.05) is 53.7 Å². The zero-order chi connectivity index (χ0) is 14.8. The fourth-order valence-electron chi connectivity index (χ4n) is 2.13. The van der Waals surface area contributed by atoms with Crippen molar-refractivity contribution in [2.75, 3.05) is 0 Å². The van der Waals surface area contributed by atoms with Crippen LogP contribution in [0.25, 0.3) is 10.8 Å². The van der Waals surface area contributed by atoms with Gasteiger partial charge in [0.15, 0.2) is 0 Å². The molecule has 0 aliphatic rings. The summed E-state index contributed by atoms with van der Waals surface area (Å²) in [5.41, 5.74) is 1.38. The molecule has 0 aliphatic carbocycles. The molecule has 0 radical (unpaired) electrons. The van der Waals surface area contributed by atoms with E-state index in [4.69, 9.17) is 11.6 Å². The summed E-state index contributed by atoms with van der Waals surface area (Å²) >= 11 is 7.49. The van der Waals surface area contributed by atoms with Gasteiger partial charge < -0.3 is 0 Å². The Labute approximate surface area is 131 Å². The Bertz CT molecular complexity index is 787. The maximum absolute atomic E-state index is 13.8. The molecule has 0 amide bonds. The lowest BCUT2D eigenvalue weighted by Crippen LogP contribution is -1.94. The van der Waals surface area contributed by atoms with Crippen LogP contribution in [0, 0.1) is 12.7 Å². The first-order chi connectivity index (χ1) is 10.2. The number of halogens is 2. The van der Waals surface area contributed by atoms with Crippen LogP contribution in [0.2, 0.25) is 5.02 Å². The highest BCUT2D eigenvalue weighted by Gasteiger charge is 2.11. The summed E-state index contributed by atoms with van der Waals surface area (Å²) in [6.45, 7) is 1.93. The van der Waals surface area contributed by atoms with Crippen LogP contribution in [0.4, 0.5) is 4.39 Å². The summed E-state index contributed by atoms with van der Waals surface area (Å²) in [6.07, 6.45) is 0. The molecule has 3 aromatic rings. The minimum atomic E-state index is -0.292. The molecule has 0 unspecified atom stereocenters. The standard InChI is InChI=1S/C16H12ClFN2S/c1-10-11-5-2-3-6-12(11)16(20-19-10)21-9-13-14(17)7-4-8-15(13)18/h2-8H,9H2,1H3. The number of nitrogens with zero attached hydrogens (tertiary/aromatic N) is 2. The third kappa shape index (κ3) is 2.87. The van der Waals surface area contributed by atoms with Crippen molar-refractivity contribution in [2.45, 2.75) is 17.7 Å². The molecule has 2 nitrogen and oxygen atoms in total. The molecule has 1 aromatic heterocycles. The lowest BCUT2D eigenvalue weighted by Gasteiger charge is -2.08. The Morgan fingerprint density at radius 1 is 1.05 bits per heavy atom. The Balaban J connectivity index is 1.94. The van der Waals surface area contributed by atoms with E-state index < -0.39 is 0 Å². The van der Waals surface area contributed by atoms with Crippen LogP contribution < -0.4 is 0 Å². The summed E-state index contributed by atoms with van der Waals surface area (Å²) < 4.78 is 13.8. The van der Waals surface area contributed by atoms with Gasteiger partial charge >= 0.3 is 0 Å². The number of aromatic nitrogens is 2. The van der Waals surface area contributed by atoms with Gasteiger partial charge in [-0.2, -0.15) is 5.10 Å². The number of thioether (sulfide) groups is 1. The molecule has 0 saturated heterocycles. The van der Waals surface area contributed by atoms with Crippen LogP contribution in [-0.2, 0) is 5.75 Å². The third-order valence-electron chi connectivity index (χ3n) is 3.25. The lowest BCUT2D eigenvalue weighted by atomic mass is 10.1. The molecule has 0 saturated carbocycles. The maximum Gasteiger partial charge on any atom is 0.128 e. The van der Waals surface area contributed by atoms with E-state index >= 15 is 0 Å². The normalized spacial score (nSPS) is 11.0. The van der Waals surface area contributed by atoms with Crippen LogP contribution in [0.15, 0.2) is 47.5 Å². The van der Waals surface area contributed by atoms with Gasteiger partial charge in [-0.05, 0) is 19.1 Å². The van der Waals surface area contributed by atoms with Gasteiger partial charge in [-0.15, -0.1) is 5.10 Å². The quantitative estimate of drug-likeness (QED) is 0.634. The number of benzene rings is 2. The van der Waals surface area contributed by atoms with Crippen molar-refractivity contribution in [3.05, 3.63) is 64.6 Å². The average molecular weight is 319 g/mol. The predicted octanol–water partition coefficient (Wildman–Crippen LogP) is 5.02. The predicted molar refractivity (Wildman–Crippen MR) is 85.2 cm³/mol. The molecule has 5 heteroatoms. The molecule has 0 aliphatic heterocycles. The van der Waals surface area contributed by atoms with Crippen molar-refractivity contribution in [1.29, 1.82) is 0 Å². The first-order valence-electron chi connectivity index (χ1n) is 6.44. The highest BCUT2D eigenvalue weighted by Crippen LogP contribution is 2.31. The summed E-state index contributed by atoms with van der Waals surface area (Å²) in [4.78, 5) is 0. The zero-order valence-electron chi connectivity index (χ0n) is 11.3. The number of hydrogen-bond donors (Lipinski definition) is 0. The zero-order valence-corrected chi connectivity index (χ0v) is 12.9. The first-order valence-corrected chi connectivity index (χ1v) is 7.81. The topological polar surface area (TPSA) is 25.8 Å². The van der Waals surface area contributed by atoms with Gasteiger partial charge in [0, 0.05) is 27.1 Å². The summed E-state index contributed by atoms with van der Waals surface area (Å²) in [5, 5.41) is 11.7. The van der Waals surface area contributed by atoms with E-state index in [1.165, 1.54) is 17.8 Å². The number of hydrogen-bond acceptors (Lipinski definition) is 3. The van der Waals surface area contributed by atoms with E-state index in [1.54, 1.807) is 12.1 Å². The number of aryl methyl sites for hydroxylation is 1. The van der Waals surface area contributed by atoms with Crippen molar-refractivity contribution in [3.8, 4) is 0 Å². The van der Waals surface area contributed by atoms with E-state index in [2.05, 4.69) is 10.2 Å². The second-order valence-electron chi connectivity index (χ2n) is 4.63. The minimum Gasteiger partial charge on any atom is -0.207 e. The molecular formula is C16H12ClFN2S. The molecule has 0 bridgehead atoms. The monoisotopic (exact) mass is 318 g/mol. The lowest BCUT2D eigenvalue weighted by molar-refractivity contribution is 0.617. The van der Waals surface area contributed by atoms with Crippen LogP contribution in [0.3, 0.4) is 0 Å². The van der Waals surface area contributed by atoms with Crippen molar-refractivity contribution in [1.82, 2.24) is 10.2 Å². The first kappa shape index (κ1) is 14.3. The minimum absolute atomic E-state index is 0.292. The summed E-state index contributed by atoms with van der Waals surface area (Å²) in [6, 6.07) is 12.7. The highest BCUT2D eigenvalue weighted by atomic mass is 35.5. The van der Waals surface area contributed by atoms with Crippen LogP contribution in [0.5, 0.6) is 0 Å². The van der Waals surface area contributed by atoms with Crippen molar-refractivity contribution in [2.24, 2.45) is 0 Å². The van der Waals surface area contributed by atoms with Crippen LogP contribution in [-0.4, -0.2) is 10.2 Å². The Kier molecular flexibility index (Phi) is 4.08. The molecule has 2 aromatic carbocycles. The summed E-state index contributed by atoms with van der Waals surface area (Å²) in [5.74, 6) is 0.132. The van der Waals surface area contributed by atoms with Crippen molar-refractivity contribution < 1.29 is 4.39 Å². The second kappa shape index (κ2) is 6.00. The van der Waals surface area contributed by atoms with E-state index in [9.17, 15) is 4.39 Å². The summed E-state index contributed by atoms with van der Waals surface area (Å²) in [7, 11) is 0. The fraction of sp³-hybridized carbons (Fsp3) is 0.125. The number of fused-ring (bicyclic) bond motifs is 1. The van der Waals surface area contributed by atoms with Gasteiger partial charge in [-0.25, -0.2) is 4.39 Å². The Morgan fingerprint density at radius 2 is 1.81 bits per heavy atom. The smallest absolute Gasteiger partial charge is 0.128 e.